The van der Waals surface area contributed by atoms with Crippen molar-refractivity contribution in [3.05, 3.63) is 51.5 Å². The molecule has 152 valence electrons. The van der Waals surface area contributed by atoms with Gasteiger partial charge in [0.25, 0.3) is 5.91 Å². The minimum atomic E-state index is -4.54. The number of nitrogens with zero attached hydrogens (tertiary/aromatic N) is 2. The topological polar surface area (TPSA) is 68.7 Å². The number of methoxy groups -OCH3 is 2. The van der Waals surface area contributed by atoms with E-state index in [-0.39, 0.29) is 24.3 Å². The molecule has 0 saturated heterocycles. The van der Waals surface area contributed by atoms with E-state index in [1.165, 1.54) is 36.6 Å². The Kier molecular flexibility index (Phi) is 7.53. The molecule has 0 atom stereocenters. The Morgan fingerprint density at radius 2 is 2.00 bits per heavy atom. The van der Waals surface area contributed by atoms with Crippen LogP contribution in [0.5, 0.6) is 0 Å². The maximum absolute atomic E-state index is 12.9. The Labute approximate surface area is 163 Å². The molecule has 1 heterocycles. The van der Waals surface area contributed by atoms with Gasteiger partial charge in [-0.3, -0.25) is 4.79 Å². The molecule has 2 rings (SSSR count). The Hall–Kier alpha value is -2.46. The fraction of sp³-hybridized carbons (Fsp3) is 0.389. The van der Waals surface area contributed by atoms with Crippen molar-refractivity contribution < 1.29 is 32.2 Å². The third-order valence-electron chi connectivity index (χ3n) is 3.77. The molecule has 2 aromatic rings. The average molecular weight is 416 g/mol. The summed E-state index contributed by atoms with van der Waals surface area (Å²) < 4.78 is 48.4. The molecule has 0 N–H and O–H groups in total. The molecule has 0 saturated carbocycles. The van der Waals surface area contributed by atoms with Crippen LogP contribution in [0, 0.1) is 0 Å². The highest BCUT2D eigenvalue weighted by Crippen LogP contribution is 2.30. The van der Waals surface area contributed by atoms with Crippen LogP contribution >= 0.6 is 11.3 Å². The second-order valence-corrected chi connectivity index (χ2v) is 6.71. The number of hydrogen-bond acceptors (Lipinski definition) is 6. The number of carbonyl (C=O) groups excluding carboxylic acids is 2. The predicted octanol–water partition coefficient (Wildman–Crippen LogP) is 3.63. The van der Waals surface area contributed by atoms with Gasteiger partial charge in [-0.25, -0.2) is 9.78 Å². The fourth-order valence-electron chi connectivity index (χ4n) is 2.41. The molecule has 10 heteroatoms. The minimum absolute atomic E-state index is 0.0560. The average Bonchev–Trinajstić information content (AvgIpc) is 3.14. The van der Waals surface area contributed by atoms with E-state index in [1.54, 1.807) is 0 Å². The SMILES string of the molecule is COCCCN(Cc1nc(C(=O)OC)cs1)C(=O)c1cccc(C(F)(F)F)c1. The summed E-state index contributed by atoms with van der Waals surface area (Å²) in [6.07, 6.45) is -4.04. The monoisotopic (exact) mass is 416 g/mol. The number of thiazole rings is 1. The van der Waals surface area contributed by atoms with Crippen molar-refractivity contribution in [3.63, 3.8) is 0 Å². The smallest absolute Gasteiger partial charge is 0.416 e. The molecule has 0 radical (unpaired) electrons. The summed E-state index contributed by atoms with van der Waals surface area (Å²) >= 11 is 1.16. The third-order valence-corrected chi connectivity index (χ3v) is 4.61. The van der Waals surface area contributed by atoms with Crippen LogP contribution in [-0.4, -0.2) is 49.1 Å². The highest BCUT2D eigenvalue weighted by molar-refractivity contribution is 7.09. The van der Waals surface area contributed by atoms with Gasteiger partial charge in [-0.05, 0) is 24.6 Å². The molecule has 0 aliphatic heterocycles. The standard InChI is InChI=1S/C18H19F3N2O4S/c1-26-8-4-7-23(10-15-22-14(11-28-15)17(25)27-2)16(24)12-5-3-6-13(9-12)18(19,20)21/h3,5-6,9,11H,4,7-8,10H2,1-2H3. The molecule has 1 aromatic carbocycles. The van der Waals surface area contributed by atoms with Crippen LogP contribution in [-0.2, 0) is 22.2 Å². The number of rotatable bonds is 8. The van der Waals surface area contributed by atoms with Gasteiger partial charge in [0, 0.05) is 31.2 Å². The first-order valence-electron chi connectivity index (χ1n) is 8.24. The Morgan fingerprint density at radius 1 is 1.25 bits per heavy atom. The minimum Gasteiger partial charge on any atom is -0.464 e. The summed E-state index contributed by atoms with van der Waals surface area (Å²) in [5, 5.41) is 1.97. The van der Waals surface area contributed by atoms with Crippen molar-refractivity contribution in [1.29, 1.82) is 0 Å². The number of carbonyl (C=O) groups is 2. The number of benzene rings is 1. The largest absolute Gasteiger partial charge is 0.464 e. The molecule has 28 heavy (non-hydrogen) atoms. The molecule has 0 fully saturated rings. The van der Waals surface area contributed by atoms with E-state index in [9.17, 15) is 22.8 Å². The Balaban J connectivity index is 2.23. The molecule has 1 aromatic heterocycles. The molecular weight excluding hydrogens is 397 g/mol. The molecule has 0 spiro atoms. The van der Waals surface area contributed by atoms with Crippen molar-refractivity contribution in [3.8, 4) is 0 Å². The quantitative estimate of drug-likeness (QED) is 0.486. The van der Waals surface area contributed by atoms with Crippen molar-refractivity contribution in [1.82, 2.24) is 9.88 Å². The van der Waals surface area contributed by atoms with E-state index in [4.69, 9.17) is 4.74 Å². The summed E-state index contributed by atoms with van der Waals surface area (Å²) in [5.74, 6) is -1.16. The number of halogens is 3. The molecule has 6 nitrogen and oxygen atoms in total. The first-order valence-corrected chi connectivity index (χ1v) is 9.12. The zero-order valence-corrected chi connectivity index (χ0v) is 16.1. The molecule has 0 aliphatic rings. The van der Waals surface area contributed by atoms with Gasteiger partial charge >= 0.3 is 12.1 Å². The van der Waals surface area contributed by atoms with Gasteiger partial charge in [-0.2, -0.15) is 13.2 Å². The van der Waals surface area contributed by atoms with Gasteiger partial charge in [0.15, 0.2) is 5.69 Å². The fourth-order valence-corrected chi connectivity index (χ4v) is 3.19. The van der Waals surface area contributed by atoms with Crippen LogP contribution in [0.4, 0.5) is 13.2 Å². The number of amides is 1. The Morgan fingerprint density at radius 3 is 2.64 bits per heavy atom. The van der Waals surface area contributed by atoms with E-state index < -0.39 is 23.6 Å². The van der Waals surface area contributed by atoms with Crippen LogP contribution in [0.2, 0.25) is 0 Å². The summed E-state index contributed by atoms with van der Waals surface area (Å²) in [4.78, 5) is 29.9. The van der Waals surface area contributed by atoms with Gasteiger partial charge in [0.05, 0.1) is 19.2 Å². The van der Waals surface area contributed by atoms with Crippen LogP contribution in [0.3, 0.4) is 0 Å². The van der Waals surface area contributed by atoms with Crippen LogP contribution < -0.4 is 0 Å². The first-order chi connectivity index (χ1) is 13.3. The maximum Gasteiger partial charge on any atom is 0.416 e. The summed E-state index contributed by atoms with van der Waals surface area (Å²) in [6, 6.07) is 4.27. The molecular formula is C18H19F3N2O4S. The highest BCUT2D eigenvalue weighted by atomic mass is 32.1. The van der Waals surface area contributed by atoms with Gasteiger partial charge in [0.2, 0.25) is 0 Å². The third kappa shape index (κ3) is 5.77. The second kappa shape index (κ2) is 9.65. The molecule has 0 aliphatic carbocycles. The number of aromatic nitrogens is 1. The van der Waals surface area contributed by atoms with E-state index in [1.807, 2.05) is 0 Å². The van der Waals surface area contributed by atoms with Gasteiger partial charge in [-0.1, -0.05) is 6.07 Å². The number of esters is 1. The lowest BCUT2D eigenvalue weighted by atomic mass is 10.1. The van der Waals surface area contributed by atoms with Crippen molar-refractivity contribution in [2.24, 2.45) is 0 Å². The summed E-state index contributed by atoms with van der Waals surface area (Å²) in [7, 11) is 2.75. The van der Waals surface area contributed by atoms with Crippen LogP contribution in [0.15, 0.2) is 29.6 Å². The first kappa shape index (κ1) is 21.8. The van der Waals surface area contributed by atoms with Crippen molar-refractivity contribution >= 4 is 23.2 Å². The zero-order chi connectivity index (χ0) is 20.7. The zero-order valence-electron chi connectivity index (χ0n) is 15.3. The van der Waals surface area contributed by atoms with Crippen molar-refractivity contribution in [2.45, 2.75) is 19.1 Å². The number of hydrogen-bond donors (Lipinski definition) is 0. The van der Waals surface area contributed by atoms with E-state index in [0.29, 0.717) is 18.0 Å². The predicted molar refractivity (Wildman–Crippen MR) is 96.1 cm³/mol. The van der Waals surface area contributed by atoms with Gasteiger partial charge in [-0.15, -0.1) is 11.3 Å². The second-order valence-electron chi connectivity index (χ2n) is 5.77. The van der Waals surface area contributed by atoms with Crippen LogP contribution in [0.1, 0.15) is 37.8 Å². The van der Waals surface area contributed by atoms with E-state index in [0.717, 1.165) is 23.5 Å². The molecule has 0 unspecified atom stereocenters. The van der Waals surface area contributed by atoms with E-state index in [2.05, 4.69) is 9.72 Å². The normalized spacial score (nSPS) is 11.3. The number of ether oxygens (including phenoxy) is 2. The van der Waals surface area contributed by atoms with Gasteiger partial charge < -0.3 is 14.4 Å². The van der Waals surface area contributed by atoms with Crippen molar-refractivity contribution in [2.75, 3.05) is 27.4 Å². The molecule has 1 amide bonds. The highest BCUT2D eigenvalue weighted by Gasteiger charge is 2.31. The maximum atomic E-state index is 12.9. The summed E-state index contributed by atoms with van der Waals surface area (Å²) in [6.45, 7) is 0.703. The lowest BCUT2D eigenvalue weighted by molar-refractivity contribution is -0.137. The van der Waals surface area contributed by atoms with Gasteiger partial charge in [0.1, 0.15) is 5.01 Å². The lowest BCUT2D eigenvalue weighted by Gasteiger charge is -2.22. The lowest BCUT2D eigenvalue weighted by Crippen LogP contribution is -2.32. The molecule has 0 bridgehead atoms. The summed E-state index contributed by atoms with van der Waals surface area (Å²) in [5.41, 5.74) is -0.847. The Bertz CT molecular complexity index is 823. The number of alkyl halides is 3. The van der Waals surface area contributed by atoms with Crippen LogP contribution in [0.25, 0.3) is 0 Å². The van der Waals surface area contributed by atoms with E-state index >= 15 is 0 Å².